The van der Waals surface area contributed by atoms with Crippen molar-refractivity contribution in [2.75, 3.05) is 13.2 Å². The Labute approximate surface area is 153 Å². The minimum Gasteiger partial charge on any atom is -0.465 e. The molecule has 1 rings (SSSR count). The van der Waals surface area contributed by atoms with Gasteiger partial charge in [-0.1, -0.05) is 30.3 Å². The Bertz CT molecular complexity index is 557. The van der Waals surface area contributed by atoms with Crippen molar-refractivity contribution in [1.82, 2.24) is 0 Å². The molecule has 1 atom stereocenters. The largest absolute Gasteiger partial charge is 0.465 e. The predicted octanol–water partition coefficient (Wildman–Crippen LogP) is 1.97. The van der Waals surface area contributed by atoms with Crippen molar-refractivity contribution in [3.8, 4) is 0 Å². The lowest BCUT2D eigenvalue weighted by atomic mass is 9.95. The second-order valence-corrected chi connectivity index (χ2v) is 5.68. The number of carbonyl (C=O) groups is 3. The Morgan fingerprint density at radius 3 is 2.08 bits per heavy atom. The molecule has 0 spiro atoms. The van der Waals surface area contributed by atoms with E-state index in [1.807, 2.05) is 30.3 Å². The molecular formula is C19H27NO6. The van der Waals surface area contributed by atoms with Crippen LogP contribution in [0.1, 0.15) is 38.7 Å². The van der Waals surface area contributed by atoms with E-state index in [0.29, 0.717) is 12.8 Å². The van der Waals surface area contributed by atoms with Crippen molar-refractivity contribution in [1.29, 1.82) is 0 Å². The van der Waals surface area contributed by atoms with Crippen molar-refractivity contribution in [3.63, 3.8) is 0 Å². The summed E-state index contributed by atoms with van der Waals surface area (Å²) in [6.07, 6.45) is 0.839. The van der Waals surface area contributed by atoms with Gasteiger partial charge in [-0.15, -0.1) is 0 Å². The maximum absolute atomic E-state index is 12.0. The standard InChI is InChI=1S/C19H27NO6/c1-3-24-18(22)17(19(23)25-4-2)15(20)11-8-12-16(21)26-13-14-9-6-5-7-10-14/h5-7,9-10,15,17H,3-4,8,11-13,20H2,1-2H3. The van der Waals surface area contributed by atoms with Gasteiger partial charge in [0.05, 0.1) is 13.2 Å². The van der Waals surface area contributed by atoms with E-state index < -0.39 is 23.9 Å². The first-order valence-electron chi connectivity index (χ1n) is 8.78. The molecule has 0 aliphatic rings. The third-order valence-electron chi connectivity index (χ3n) is 3.67. The molecule has 0 saturated heterocycles. The fourth-order valence-corrected chi connectivity index (χ4v) is 2.37. The normalized spacial score (nSPS) is 11.7. The zero-order chi connectivity index (χ0) is 19.4. The van der Waals surface area contributed by atoms with Gasteiger partial charge in [0.2, 0.25) is 0 Å². The lowest BCUT2D eigenvalue weighted by molar-refractivity contribution is -0.162. The van der Waals surface area contributed by atoms with Crippen LogP contribution in [0.3, 0.4) is 0 Å². The van der Waals surface area contributed by atoms with Crippen molar-refractivity contribution in [2.24, 2.45) is 11.7 Å². The van der Waals surface area contributed by atoms with Gasteiger partial charge in [-0.2, -0.15) is 0 Å². The van der Waals surface area contributed by atoms with Crippen LogP contribution < -0.4 is 5.73 Å². The molecular weight excluding hydrogens is 338 g/mol. The third kappa shape index (κ3) is 7.65. The Morgan fingerprint density at radius 2 is 1.54 bits per heavy atom. The van der Waals surface area contributed by atoms with Gasteiger partial charge in [0.1, 0.15) is 6.61 Å². The van der Waals surface area contributed by atoms with Crippen LogP contribution in [-0.2, 0) is 35.2 Å². The molecule has 7 nitrogen and oxygen atoms in total. The number of rotatable bonds is 11. The van der Waals surface area contributed by atoms with Crippen LogP contribution in [0.2, 0.25) is 0 Å². The van der Waals surface area contributed by atoms with Gasteiger partial charge in [0.25, 0.3) is 0 Å². The number of esters is 3. The molecule has 0 aliphatic heterocycles. The minimum atomic E-state index is -1.18. The van der Waals surface area contributed by atoms with Crippen LogP contribution in [0.4, 0.5) is 0 Å². The molecule has 0 amide bonds. The number of carbonyl (C=O) groups excluding carboxylic acids is 3. The number of hydrogen-bond acceptors (Lipinski definition) is 7. The third-order valence-corrected chi connectivity index (χ3v) is 3.67. The van der Waals surface area contributed by atoms with E-state index >= 15 is 0 Å². The maximum Gasteiger partial charge on any atom is 0.321 e. The summed E-state index contributed by atoms with van der Waals surface area (Å²) in [6.45, 7) is 3.79. The molecule has 1 unspecified atom stereocenters. The lowest BCUT2D eigenvalue weighted by Gasteiger charge is -2.20. The van der Waals surface area contributed by atoms with Crippen LogP contribution in [0.25, 0.3) is 0 Å². The summed E-state index contributed by atoms with van der Waals surface area (Å²) < 4.78 is 15.0. The van der Waals surface area contributed by atoms with Gasteiger partial charge in [-0.25, -0.2) is 0 Å². The number of hydrogen-bond donors (Lipinski definition) is 1. The van der Waals surface area contributed by atoms with E-state index in [-0.39, 0.29) is 32.2 Å². The quantitative estimate of drug-likeness (QED) is 0.363. The first-order valence-corrected chi connectivity index (χ1v) is 8.78. The number of nitrogens with two attached hydrogens (primary N) is 1. The second-order valence-electron chi connectivity index (χ2n) is 5.68. The van der Waals surface area contributed by atoms with Crippen LogP contribution >= 0.6 is 0 Å². The smallest absolute Gasteiger partial charge is 0.321 e. The molecule has 0 aromatic heterocycles. The van der Waals surface area contributed by atoms with E-state index in [9.17, 15) is 14.4 Å². The van der Waals surface area contributed by atoms with Gasteiger partial charge in [-0.05, 0) is 32.3 Å². The van der Waals surface area contributed by atoms with Crippen molar-refractivity contribution < 1.29 is 28.6 Å². The average Bonchev–Trinajstić information content (AvgIpc) is 2.61. The zero-order valence-electron chi connectivity index (χ0n) is 15.3. The molecule has 0 saturated carbocycles. The number of benzene rings is 1. The molecule has 1 aromatic carbocycles. The minimum absolute atomic E-state index is 0.146. The fraction of sp³-hybridized carbons (Fsp3) is 0.526. The van der Waals surface area contributed by atoms with Gasteiger partial charge in [-0.3, -0.25) is 14.4 Å². The van der Waals surface area contributed by atoms with E-state index in [0.717, 1.165) is 5.56 Å². The van der Waals surface area contributed by atoms with Crippen LogP contribution in [0.5, 0.6) is 0 Å². The summed E-state index contributed by atoms with van der Waals surface area (Å²) >= 11 is 0. The summed E-state index contributed by atoms with van der Waals surface area (Å²) in [7, 11) is 0. The molecule has 0 fully saturated rings. The highest BCUT2D eigenvalue weighted by atomic mass is 16.6. The monoisotopic (exact) mass is 365 g/mol. The SMILES string of the molecule is CCOC(=O)C(C(=O)OCC)C(N)CCCC(=O)OCc1ccccc1. The molecule has 144 valence electrons. The highest BCUT2D eigenvalue weighted by Crippen LogP contribution is 2.14. The highest BCUT2D eigenvalue weighted by Gasteiger charge is 2.35. The Hall–Kier alpha value is -2.41. The van der Waals surface area contributed by atoms with Gasteiger partial charge in [0.15, 0.2) is 5.92 Å². The molecule has 2 N–H and O–H groups in total. The average molecular weight is 365 g/mol. The zero-order valence-corrected chi connectivity index (χ0v) is 15.3. The van der Waals surface area contributed by atoms with Crippen LogP contribution in [-0.4, -0.2) is 37.2 Å². The van der Waals surface area contributed by atoms with E-state index in [4.69, 9.17) is 19.9 Å². The van der Waals surface area contributed by atoms with Crippen molar-refractivity contribution in [3.05, 3.63) is 35.9 Å². The molecule has 0 heterocycles. The van der Waals surface area contributed by atoms with Crippen molar-refractivity contribution in [2.45, 2.75) is 45.8 Å². The van der Waals surface area contributed by atoms with E-state index in [2.05, 4.69) is 0 Å². The fourth-order valence-electron chi connectivity index (χ4n) is 2.37. The maximum atomic E-state index is 12.0. The topological polar surface area (TPSA) is 105 Å². The second kappa shape index (κ2) is 12.0. The summed E-state index contributed by atoms with van der Waals surface area (Å²) in [5.41, 5.74) is 6.88. The predicted molar refractivity (Wildman–Crippen MR) is 94.8 cm³/mol. The summed E-state index contributed by atoms with van der Waals surface area (Å²) in [4.78, 5) is 35.7. The lowest BCUT2D eigenvalue weighted by Crippen LogP contribution is -2.42. The van der Waals surface area contributed by atoms with E-state index in [1.54, 1.807) is 13.8 Å². The molecule has 0 bridgehead atoms. The first kappa shape index (κ1) is 21.6. The van der Waals surface area contributed by atoms with Crippen LogP contribution in [0, 0.1) is 5.92 Å². The highest BCUT2D eigenvalue weighted by molar-refractivity contribution is 5.95. The van der Waals surface area contributed by atoms with Crippen LogP contribution in [0.15, 0.2) is 30.3 Å². The first-order chi connectivity index (χ1) is 12.5. The summed E-state index contributed by atoms with van der Waals surface area (Å²) in [6, 6.07) is 8.57. The Balaban J connectivity index is 2.43. The van der Waals surface area contributed by atoms with Gasteiger partial charge >= 0.3 is 17.9 Å². The Kier molecular flexibility index (Phi) is 10.0. The number of ether oxygens (including phenoxy) is 3. The summed E-state index contributed by atoms with van der Waals surface area (Å²) in [5.74, 6) is -2.95. The van der Waals surface area contributed by atoms with Gasteiger partial charge < -0.3 is 19.9 Å². The van der Waals surface area contributed by atoms with E-state index in [1.165, 1.54) is 0 Å². The molecule has 0 radical (unpaired) electrons. The summed E-state index contributed by atoms with van der Waals surface area (Å²) in [5, 5.41) is 0. The molecule has 26 heavy (non-hydrogen) atoms. The Morgan fingerprint density at radius 1 is 0.962 bits per heavy atom. The van der Waals surface area contributed by atoms with Gasteiger partial charge in [0, 0.05) is 12.5 Å². The molecule has 0 aliphatic carbocycles. The molecule has 7 heteroatoms. The molecule has 1 aromatic rings. The van der Waals surface area contributed by atoms with Crippen molar-refractivity contribution >= 4 is 17.9 Å².